The number of rotatable bonds is 3. The first-order valence-corrected chi connectivity index (χ1v) is 8.59. The average Bonchev–Trinajstić information content (AvgIpc) is 2.90. The average molecular weight is 320 g/mol. The maximum absolute atomic E-state index is 11.4. The molecular weight excluding hydrogens is 292 g/mol. The summed E-state index contributed by atoms with van der Waals surface area (Å²) in [5.41, 5.74) is 0. The number of aromatic nitrogens is 3. The van der Waals surface area contributed by atoms with Crippen LogP contribution in [0.1, 0.15) is 37.3 Å². The number of hydrogen-bond donors (Lipinski definition) is 0. The first-order chi connectivity index (χ1) is 11.0. The molecule has 1 aromatic rings. The molecule has 2 aliphatic rings. The van der Waals surface area contributed by atoms with Gasteiger partial charge < -0.3 is 14.4 Å². The van der Waals surface area contributed by atoms with Crippen molar-refractivity contribution in [3.63, 3.8) is 0 Å². The second-order valence-corrected chi connectivity index (χ2v) is 6.89. The van der Waals surface area contributed by atoms with Crippen LogP contribution in [-0.4, -0.2) is 81.7 Å². The van der Waals surface area contributed by atoms with Crippen LogP contribution in [0, 0.1) is 0 Å². The van der Waals surface area contributed by atoms with Gasteiger partial charge in [0.25, 0.3) is 0 Å². The molecule has 3 rings (SSSR count). The van der Waals surface area contributed by atoms with Gasteiger partial charge in [-0.1, -0.05) is 0 Å². The molecule has 128 valence electrons. The van der Waals surface area contributed by atoms with E-state index in [1.54, 1.807) is 6.92 Å². The van der Waals surface area contributed by atoms with Gasteiger partial charge in [0.2, 0.25) is 5.91 Å². The van der Waals surface area contributed by atoms with Gasteiger partial charge in [0.1, 0.15) is 11.6 Å². The van der Waals surface area contributed by atoms with Crippen LogP contribution in [0.15, 0.2) is 0 Å². The number of carbonyl (C=O) groups is 1. The van der Waals surface area contributed by atoms with E-state index >= 15 is 0 Å². The molecule has 7 nitrogen and oxygen atoms in total. The van der Waals surface area contributed by atoms with Crippen LogP contribution in [0.4, 0.5) is 0 Å². The molecule has 2 saturated heterocycles. The highest BCUT2D eigenvalue weighted by atomic mass is 16.2. The largest absolute Gasteiger partial charge is 0.343 e. The Morgan fingerprint density at radius 3 is 2.30 bits per heavy atom. The van der Waals surface area contributed by atoms with Crippen molar-refractivity contribution in [1.29, 1.82) is 0 Å². The zero-order valence-corrected chi connectivity index (χ0v) is 14.5. The standard InChI is InChI=1S/C16H28N6O/c1-13(23)22-6-4-14(5-7-22)16-18-17-15(20(16)3)12-21-10-8-19(2)9-11-21/h14H,4-12H2,1-3H3. The fourth-order valence-electron chi connectivity index (χ4n) is 3.53. The Labute approximate surface area is 138 Å². The summed E-state index contributed by atoms with van der Waals surface area (Å²) >= 11 is 0. The molecule has 0 aliphatic carbocycles. The van der Waals surface area contributed by atoms with E-state index in [9.17, 15) is 4.79 Å². The third-order valence-corrected chi connectivity index (χ3v) is 5.27. The smallest absolute Gasteiger partial charge is 0.219 e. The van der Waals surface area contributed by atoms with Crippen molar-refractivity contribution in [3.8, 4) is 0 Å². The van der Waals surface area contributed by atoms with E-state index in [0.29, 0.717) is 5.92 Å². The van der Waals surface area contributed by atoms with Crippen LogP contribution in [0.2, 0.25) is 0 Å². The lowest BCUT2D eigenvalue weighted by Gasteiger charge is -2.32. The molecule has 0 N–H and O–H groups in total. The van der Waals surface area contributed by atoms with Gasteiger partial charge in [-0.3, -0.25) is 9.69 Å². The van der Waals surface area contributed by atoms with Crippen LogP contribution in [0.3, 0.4) is 0 Å². The van der Waals surface area contributed by atoms with E-state index in [4.69, 9.17) is 0 Å². The molecule has 7 heteroatoms. The SMILES string of the molecule is CC(=O)N1CCC(c2nnc(CN3CCN(C)CC3)n2C)CC1. The summed E-state index contributed by atoms with van der Waals surface area (Å²) in [5, 5.41) is 8.90. The maximum atomic E-state index is 11.4. The lowest BCUT2D eigenvalue weighted by atomic mass is 9.96. The summed E-state index contributed by atoms with van der Waals surface area (Å²) in [6, 6.07) is 0. The minimum atomic E-state index is 0.178. The molecule has 2 fully saturated rings. The van der Waals surface area contributed by atoms with Crippen LogP contribution in [0.25, 0.3) is 0 Å². The Balaban J connectivity index is 1.60. The predicted molar refractivity (Wildman–Crippen MR) is 88.0 cm³/mol. The summed E-state index contributed by atoms with van der Waals surface area (Å²) in [6.07, 6.45) is 1.97. The first-order valence-electron chi connectivity index (χ1n) is 8.59. The quantitative estimate of drug-likeness (QED) is 0.801. The summed E-state index contributed by atoms with van der Waals surface area (Å²) in [5.74, 6) is 2.73. The van der Waals surface area contributed by atoms with E-state index in [1.165, 1.54) is 0 Å². The molecule has 0 aromatic carbocycles. The molecule has 0 atom stereocenters. The second kappa shape index (κ2) is 6.97. The van der Waals surface area contributed by atoms with Gasteiger partial charge in [0, 0.05) is 59.2 Å². The highest BCUT2D eigenvalue weighted by molar-refractivity contribution is 5.73. The summed E-state index contributed by atoms with van der Waals surface area (Å²) < 4.78 is 2.17. The van der Waals surface area contributed by atoms with Gasteiger partial charge in [0.15, 0.2) is 0 Å². The second-order valence-electron chi connectivity index (χ2n) is 6.89. The molecule has 0 saturated carbocycles. The summed E-state index contributed by atoms with van der Waals surface area (Å²) in [6.45, 7) is 8.62. The fraction of sp³-hybridized carbons (Fsp3) is 0.812. The number of likely N-dealkylation sites (tertiary alicyclic amines) is 1. The number of piperazine rings is 1. The number of carbonyl (C=O) groups excluding carboxylic acids is 1. The minimum absolute atomic E-state index is 0.178. The molecule has 0 unspecified atom stereocenters. The van der Waals surface area contributed by atoms with Gasteiger partial charge in [-0.15, -0.1) is 10.2 Å². The van der Waals surface area contributed by atoms with Crippen molar-refractivity contribution in [1.82, 2.24) is 29.5 Å². The molecule has 0 radical (unpaired) electrons. The Morgan fingerprint density at radius 2 is 1.70 bits per heavy atom. The van der Waals surface area contributed by atoms with Crippen molar-refractivity contribution in [2.75, 3.05) is 46.3 Å². The molecule has 23 heavy (non-hydrogen) atoms. The lowest BCUT2D eigenvalue weighted by Crippen LogP contribution is -2.44. The number of piperidine rings is 1. The lowest BCUT2D eigenvalue weighted by molar-refractivity contribution is -0.129. The Kier molecular flexibility index (Phi) is 4.96. The third-order valence-electron chi connectivity index (χ3n) is 5.27. The van der Waals surface area contributed by atoms with Gasteiger partial charge >= 0.3 is 0 Å². The molecule has 1 amide bonds. The van der Waals surface area contributed by atoms with Crippen molar-refractivity contribution in [2.45, 2.75) is 32.2 Å². The van der Waals surface area contributed by atoms with Gasteiger partial charge in [-0.25, -0.2) is 0 Å². The number of amides is 1. The molecule has 2 aliphatic heterocycles. The van der Waals surface area contributed by atoms with E-state index in [0.717, 1.165) is 70.3 Å². The van der Waals surface area contributed by atoms with Crippen molar-refractivity contribution in [3.05, 3.63) is 11.6 Å². The predicted octanol–water partition coefficient (Wildman–Crippen LogP) is 0.288. The van der Waals surface area contributed by atoms with Crippen LogP contribution < -0.4 is 0 Å². The van der Waals surface area contributed by atoms with Crippen LogP contribution in [0.5, 0.6) is 0 Å². The monoisotopic (exact) mass is 320 g/mol. The van der Waals surface area contributed by atoms with Gasteiger partial charge in [0.05, 0.1) is 6.54 Å². The number of hydrogen-bond acceptors (Lipinski definition) is 5. The van der Waals surface area contributed by atoms with Crippen molar-refractivity contribution < 1.29 is 4.79 Å². The van der Waals surface area contributed by atoms with Crippen molar-refractivity contribution >= 4 is 5.91 Å². The Hall–Kier alpha value is -1.47. The Bertz CT molecular complexity index is 541. The number of likely N-dealkylation sites (N-methyl/N-ethyl adjacent to an activating group) is 1. The van der Waals surface area contributed by atoms with Crippen LogP contribution >= 0.6 is 0 Å². The fourth-order valence-corrected chi connectivity index (χ4v) is 3.53. The topological polar surface area (TPSA) is 57.5 Å². The molecule has 0 bridgehead atoms. The summed E-state index contributed by atoms with van der Waals surface area (Å²) in [4.78, 5) is 18.2. The van der Waals surface area contributed by atoms with Crippen molar-refractivity contribution in [2.24, 2.45) is 7.05 Å². The molecule has 1 aromatic heterocycles. The normalized spacial score (nSPS) is 21.8. The van der Waals surface area contributed by atoms with E-state index in [2.05, 4.69) is 38.7 Å². The minimum Gasteiger partial charge on any atom is -0.343 e. The molecule has 0 spiro atoms. The highest BCUT2D eigenvalue weighted by Crippen LogP contribution is 2.27. The summed E-state index contributed by atoms with van der Waals surface area (Å²) in [7, 11) is 4.25. The van der Waals surface area contributed by atoms with Gasteiger partial charge in [-0.05, 0) is 19.9 Å². The maximum Gasteiger partial charge on any atom is 0.219 e. The zero-order chi connectivity index (χ0) is 16.4. The zero-order valence-electron chi connectivity index (χ0n) is 14.5. The van der Waals surface area contributed by atoms with E-state index in [-0.39, 0.29) is 5.91 Å². The highest BCUT2D eigenvalue weighted by Gasteiger charge is 2.26. The number of nitrogens with zero attached hydrogens (tertiary/aromatic N) is 6. The van der Waals surface area contributed by atoms with E-state index < -0.39 is 0 Å². The first kappa shape index (κ1) is 16.4. The van der Waals surface area contributed by atoms with E-state index in [1.807, 2.05) is 4.90 Å². The van der Waals surface area contributed by atoms with Crippen LogP contribution in [-0.2, 0) is 18.4 Å². The van der Waals surface area contributed by atoms with Gasteiger partial charge in [-0.2, -0.15) is 0 Å². The third kappa shape index (κ3) is 3.72. The Morgan fingerprint density at radius 1 is 1.04 bits per heavy atom. The molecular formula is C16H28N6O. The molecule has 3 heterocycles.